The molecule has 1 N–H and O–H groups in total. The number of allylic oxidation sites excluding steroid dienone is 1. The fraction of sp³-hybridized carbons (Fsp3) is 0.370. The van der Waals surface area contributed by atoms with Crippen LogP contribution in [0.25, 0.3) is 10.9 Å². The first-order valence-electron chi connectivity index (χ1n) is 12.0. The molecule has 0 spiro atoms. The number of nitrogens with one attached hydrogen (secondary N) is 1. The number of anilines is 1. The zero-order chi connectivity index (χ0) is 22.5. The first kappa shape index (κ1) is 21.7. The second-order valence-corrected chi connectivity index (χ2v) is 8.76. The van der Waals surface area contributed by atoms with Crippen molar-refractivity contribution in [2.24, 2.45) is 0 Å². The lowest BCUT2D eigenvalue weighted by Gasteiger charge is -2.31. The SMILES string of the molecule is CCC1=CN(CCN2CCOCC2)CC=C1Nc1ccc2c(cnn2Cc2ccccc2)c1. The Kier molecular flexibility index (Phi) is 6.74. The second kappa shape index (κ2) is 10.2. The van der Waals surface area contributed by atoms with E-state index in [1.807, 2.05) is 12.3 Å². The minimum absolute atomic E-state index is 0.783. The number of rotatable bonds is 8. The van der Waals surface area contributed by atoms with Crippen LogP contribution in [0.4, 0.5) is 5.69 Å². The number of hydrogen-bond donors (Lipinski definition) is 1. The first-order valence-corrected chi connectivity index (χ1v) is 12.0. The Bertz CT molecular complexity index is 1130. The van der Waals surface area contributed by atoms with E-state index in [1.54, 1.807) is 0 Å². The third-order valence-corrected chi connectivity index (χ3v) is 6.50. The molecule has 0 unspecified atom stereocenters. The van der Waals surface area contributed by atoms with E-state index in [0.717, 1.165) is 75.5 Å². The van der Waals surface area contributed by atoms with Gasteiger partial charge in [0.1, 0.15) is 0 Å². The van der Waals surface area contributed by atoms with Crippen LogP contribution in [-0.2, 0) is 11.3 Å². The highest BCUT2D eigenvalue weighted by molar-refractivity contribution is 5.83. The van der Waals surface area contributed by atoms with Crippen molar-refractivity contribution in [1.82, 2.24) is 19.6 Å². The van der Waals surface area contributed by atoms with E-state index >= 15 is 0 Å². The van der Waals surface area contributed by atoms with E-state index in [9.17, 15) is 0 Å². The summed E-state index contributed by atoms with van der Waals surface area (Å²) in [6.07, 6.45) is 7.62. The molecule has 0 bridgehead atoms. The highest BCUT2D eigenvalue weighted by Gasteiger charge is 2.15. The van der Waals surface area contributed by atoms with Gasteiger partial charge in [-0.05, 0) is 41.8 Å². The minimum atomic E-state index is 0.783. The van der Waals surface area contributed by atoms with Crippen LogP contribution < -0.4 is 5.32 Å². The summed E-state index contributed by atoms with van der Waals surface area (Å²) in [5, 5.41) is 9.44. The monoisotopic (exact) mass is 443 g/mol. The molecule has 0 aliphatic carbocycles. The molecule has 33 heavy (non-hydrogen) atoms. The molecule has 3 heterocycles. The van der Waals surface area contributed by atoms with E-state index < -0.39 is 0 Å². The second-order valence-electron chi connectivity index (χ2n) is 8.76. The maximum atomic E-state index is 5.46. The highest BCUT2D eigenvalue weighted by Crippen LogP contribution is 2.25. The van der Waals surface area contributed by atoms with Gasteiger partial charge in [0.15, 0.2) is 0 Å². The molecule has 3 aromatic rings. The van der Waals surface area contributed by atoms with Gasteiger partial charge in [0.2, 0.25) is 0 Å². The summed E-state index contributed by atoms with van der Waals surface area (Å²) in [7, 11) is 0. The number of ether oxygens (including phenoxy) is 1. The Hall–Kier alpha value is -3.09. The molecule has 2 aromatic carbocycles. The van der Waals surface area contributed by atoms with Crippen molar-refractivity contribution in [2.75, 3.05) is 51.3 Å². The zero-order valence-electron chi connectivity index (χ0n) is 19.4. The van der Waals surface area contributed by atoms with E-state index in [0.29, 0.717) is 0 Å². The van der Waals surface area contributed by atoms with Crippen molar-refractivity contribution in [2.45, 2.75) is 19.9 Å². The molecule has 0 atom stereocenters. The fourth-order valence-electron chi connectivity index (χ4n) is 4.55. The summed E-state index contributed by atoms with van der Waals surface area (Å²) < 4.78 is 7.53. The van der Waals surface area contributed by atoms with Crippen LogP contribution >= 0.6 is 0 Å². The van der Waals surface area contributed by atoms with Crippen LogP contribution in [0.2, 0.25) is 0 Å². The summed E-state index contributed by atoms with van der Waals surface area (Å²) in [5.74, 6) is 0. The molecular weight excluding hydrogens is 410 g/mol. The number of fused-ring (bicyclic) bond motifs is 1. The van der Waals surface area contributed by atoms with Crippen LogP contribution in [0.3, 0.4) is 0 Å². The van der Waals surface area contributed by atoms with Crippen LogP contribution in [0.1, 0.15) is 18.9 Å². The van der Waals surface area contributed by atoms with Crippen molar-refractivity contribution < 1.29 is 4.74 Å². The minimum Gasteiger partial charge on any atom is -0.379 e. The Morgan fingerprint density at radius 1 is 1.03 bits per heavy atom. The van der Waals surface area contributed by atoms with Gasteiger partial charge in [-0.2, -0.15) is 5.10 Å². The molecule has 6 nitrogen and oxygen atoms in total. The predicted molar refractivity (Wildman–Crippen MR) is 134 cm³/mol. The van der Waals surface area contributed by atoms with Gasteiger partial charge < -0.3 is 15.0 Å². The van der Waals surface area contributed by atoms with E-state index in [1.165, 1.54) is 16.8 Å². The summed E-state index contributed by atoms with van der Waals surface area (Å²) >= 11 is 0. The molecule has 0 amide bonds. The lowest BCUT2D eigenvalue weighted by atomic mass is 10.1. The number of aromatic nitrogens is 2. The van der Waals surface area contributed by atoms with Crippen LogP contribution in [0.5, 0.6) is 0 Å². The average molecular weight is 444 g/mol. The van der Waals surface area contributed by atoms with Crippen molar-refractivity contribution in [1.29, 1.82) is 0 Å². The molecule has 1 aromatic heterocycles. The molecule has 1 saturated heterocycles. The van der Waals surface area contributed by atoms with Crippen LogP contribution in [-0.4, -0.2) is 65.5 Å². The van der Waals surface area contributed by atoms with Crippen molar-refractivity contribution in [3.8, 4) is 0 Å². The molecule has 6 heteroatoms. The smallest absolute Gasteiger partial charge is 0.0687 e. The van der Waals surface area contributed by atoms with E-state index in [4.69, 9.17) is 4.74 Å². The molecule has 0 saturated carbocycles. The van der Waals surface area contributed by atoms with Gasteiger partial charge in [-0.15, -0.1) is 0 Å². The standard InChI is InChI=1S/C27H33N5O/c1-2-23-21-31(13-12-30-14-16-33-17-15-30)11-10-26(23)29-25-8-9-27-24(18-25)19-28-32(27)20-22-6-4-3-5-7-22/h3-10,18-19,21,29H,2,11-17,20H2,1H3. The van der Waals surface area contributed by atoms with E-state index in [-0.39, 0.29) is 0 Å². The molecule has 172 valence electrons. The van der Waals surface area contributed by atoms with Gasteiger partial charge in [0.25, 0.3) is 0 Å². The van der Waals surface area contributed by atoms with Gasteiger partial charge in [-0.1, -0.05) is 37.3 Å². The Labute approximate surface area is 196 Å². The summed E-state index contributed by atoms with van der Waals surface area (Å²) in [4.78, 5) is 4.92. The normalized spacial score (nSPS) is 17.2. The van der Waals surface area contributed by atoms with Crippen molar-refractivity contribution >= 4 is 16.6 Å². The largest absolute Gasteiger partial charge is 0.379 e. The maximum Gasteiger partial charge on any atom is 0.0687 e. The van der Waals surface area contributed by atoms with Crippen molar-refractivity contribution in [3.63, 3.8) is 0 Å². The summed E-state index contributed by atoms with van der Waals surface area (Å²) in [5.41, 5.74) is 6.09. The van der Waals surface area contributed by atoms with Gasteiger partial charge in [0, 0.05) is 55.7 Å². The average Bonchev–Trinajstić information content (AvgIpc) is 3.26. The lowest BCUT2D eigenvalue weighted by Crippen LogP contribution is -2.41. The van der Waals surface area contributed by atoms with Gasteiger partial charge >= 0.3 is 0 Å². The maximum absolute atomic E-state index is 5.46. The summed E-state index contributed by atoms with van der Waals surface area (Å²) in [6, 6.07) is 17.0. The molecule has 2 aliphatic rings. The third kappa shape index (κ3) is 5.29. The summed E-state index contributed by atoms with van der Waals surface area (Å²) in [6.45, 7) is 9.91. The Balaban J connectivity index is 1.23. The Morgan fingerprint density at radius 2 is 1.88 bits per heavy atom. The first-order chi connectivity index (χ1) is 16.3. The number of morpholine rings is 1. The third-order valence-electron chi connectivity index (χ3n) is 6.50. The number of hydrogen-bond acceptors (Lipinski definition) is 5. The van der Waals surface area contributed by atoms with Gasteiger partial charge in [-0.25, -0.2) is 0 Å². The Morgan fingerprint density at radius 3 is 2.70 bits per heavy atom. The molecule has 2 aliphatic heterocycles. The quantitative estimate of drug-likeness (QED) is 0.562. The van der Waals surface area contributed by atoms with Gasteiger partial charge in [-0.3, -0.25) is 9.58 Å². The predicted octanol–water partition coefficient (Wildman–Crippen LogP) is 4.32. The van der Waals surface area contributed by atoms with Crippen LogP contribution in [0.15, 0.2) is 78.3 Å². The topological polar surface area (TPSA) is 45.6 Å². The molecule has 5 rings (SSSR count). The van der Waals surface area contributed by atoms with Crippen molar-refractivity contribution in [3.05, 3.63) is 83.8 Å². The number of nitrogens with zero attached hydrogens (tertiary/aromatic N) is 4. The zero-order valence-corrected chi connectivity index (χ0v) is 19.4. The number of benzene rings is 2. The van der Waals surface area contributed by atoms with E-state index in [2.05, 4.69) is 86.6 Å². The highest BCUT2D eigenvalue weighted by atomic mass is 16.5. The lowest BCUT2D eigenvalue weighted by molar-refractivity contribution is 0.0355. The van der Waals surface area contributed by atoms with Crippen LogP contribution in [0, 0.1) is 0 Å². The fourth-order valence-corrected chi connectivity index (χ4v) is 4.55. The molecular formula is C27H33N5O. The molecule has 1 fully saturated rings. The molecule has 0 radical (unpaired) electrons. The van der Waals surface area contributed by atoms with Gasteiger partial charge in [0.05, 0.1) is 31.5 Å².